The number of hydrogen-bond donors (Lipinski definition) is 2. The van der Waals surface area contributed by atoms with Gasteiger partial charge in [0, 0.05) is 29.2 Å². The number of halogens is 3. The number of carbonyl (C=O) groups excluding carboxylic acids is 1. The van der Waals surface area contributed by atoms with E-state index >= 15 is 0 Å². The standard InChI is InChI=1S/C28H34F3N3O3S/c1-18(2)34(3)22-12-13-25(20(15-22)17-38(36,37)23-9-5-4-6-10-23)33-26(35)16-21-14-19-8-7-11-24(27(19)32-21)28(29,30)31/h4-11,14,18,20,22,25,32H,12-13,15-17H2,1-3H3,(H,33,35)/t20-,22-,25+/m1/s1. The first-order valence-corrected chi connectivity index (χ1v) is 14.5. The van der Waals surface area contributed by atoms with Crippen molar-refractivity contribution in [3.63, 3.8) is 0 Å². The van der Waals surface area contributed by atoms with Crippen molar-refractivity contribution >= 4 is 26.6 Å². The summed E-state index contributed by atoms with van der Waals surface area (Å²) in [7, 11) is -1.55. The maximum Gasteiger partial charge on any atom is 0.418 e. The number of carbonyl (C=O) groups is 1. The third kappa shape index (κ3) is 6.40. The molecule has 6 nitrogen and oxygen atoms in total. The van der Waals surface area contributed by atoms with Crippen LogP contribution in [0.25, 0.3) is 10.9 Å². The minimum absolute atomic E-state index is 0.0492. The van der Waals surface area contributed by atoms with E-state index < -0.39 is 21.6 Å². The zero-order valence-corrected chi connectivity index (χ0v) is 22.6. The lowest BCUT2D eigenvalue weighted by molar-refractivity contribution is -0.136. The van der Waals surface area contributed by atoms with Crippen LogP contribution in [0.3, 0.4) is 0 Å². The van der Waals surface area contributed by atoms with Crippen LogP contribution >= 0.6 is 0 Å². The SMILES string of the molecule is CC(C)N(C)[C@@H]1CC[C@H](NC(=O)Cc2cc3cccc(C(F)(F)F)c3[nH]2)[C@@H](CS(=O)(=O)c2ccccc2)C1. The smallest absolute Gasteiger partial charge is 0.357 e. The highest BCUT2D eigenvalue weighted by Crippen LogP contribution is 2.35. The molecule has 0 radical (unpaired) electrons. The third-order valence-corrected chi connectivity index (χ3v) is 9.45. The van der Waals surface area contributed by atoms with E-state index in [1.807, 2.05) is 7.05 Å². The second kappa shape index (κ2) is 11.1. The summed E-state index contributed by atoms with van der Waals surface area (Å²) < 4.78 is 66.6. The molecule has 3 atom stereocenters. The van der Waals surface area contributed by atoms with Crippen LogP contribution in [-0.4, -0.2) is 55.1 Å². The fourth-order valence-electron chi connectivity index (χ4n) is 5.39. The van der Waals surface area contributed by atoms with Gasteiger partial charge in [0.15, 0.2) is 9.84 Å². The van der Waals surface area contributed by atoms with Gasteiger partial charge in [-0.25, -0.2) is 8.42 Å². The summed E-state index contributed by atoms with van der Waals surface area (Å²) in [5.74, 6) is -0.748. The summed E-state index contributed by atoms with van der Waals surface area (Å²) in [4.78, 5) is 18.3. The predicted molar refractivity (Wildman–Crippen MR) is 141 cm³/mol. The molecule has 206 valence electrons. The third-order valence-electron chi connectivity index (χ3n) is 7.60. The van der Waals surface area contributed by atoms with Crippen molar-refractivity contribution in [1.29, 1.82) is 0 Å². The summed E-state index contributed by atoms with van der Waals surface area (Å²) in [5.41, 5.74) is -0.455. The van der Waals surface area contributed by atoms with Crippen LogP contribution in [0, 0.1) is 5.92 Å². The number of aromatic nitrogens is 1. The molecule has 0 aliphatic heterocycles. The Balaban J connectivity index is 1.52. The lowest BCUT2D eigenvalue weighted by atomic mass is 9.81. The highest BCUT2D eigenvalue weighted by atomic mass is 32.2. The zero-order chi connectivity index (χ0) is 27.7. The molecular formula is C28H34F3N3O3S. The molecule has 1 aromatic heterocycles. The number of fused-ring (bicyclic) bond motifs is 1. The molecule has 1 amide bonds. The number of nitrogens with one attached hydrogen (secondary N) is 2. The predicted octanol–water partition coefficient (Wildman–Crippen LogP) is 5.20. The first-order valence-electron chi connectivity index (χ1n) is 12.8. The quantitative estimate of drug-likeness (QED) is 0.405. The van der Waals surface area contributed by atoms with Crippen molar-refractivity contribution in [3.8, 4) is 0 Å². The maximum atomic E-state index is 13.4. The molecule has 10 heteroatoms. The Morgan fingerprint density at radius 3 is 2.47 bits per heavy atom. The van der Waals surface area contributed by atoms with Crippen LogP contribution in [0.15, 0.2) is 59.5 Å². The molecule has 1 aliphatic rings. The first kappa shape index (κ1) is 28.2. The number of sulfone groups is 1. The van der Waals surface area contributed by atoms with Gasteiger partial charge in [0.05, 0.1) is 28.1 Å². The van der Waals surface area contributed by atoms with E-state index in [0.29, 0.717) is 30.0 Å². The Morgan fingerprint density at radius 2 is 1.82 bits per heavy atom. The highest BCUT2D eigenvalue weighted by Gasteiger charge is 2.37. The minimum Gasteiger partial charge on any atom is -0.357 e. The van der Waals surface area contributed by atoms with Crippen molar-refractivity contribution in [2.24, 2.45) is 5.92 Å². The van der Waals surface area contributed by atoms with Crippen LogP contribution < -0.4 is 5.32 Å². The summed E-state index contributed by atoms with van der Waals surface area (Å²) in [6, 6.07) is 13.9. The van der Waals surface area contributed by atoms with E-state index in [2.05, 4.69) is 29.0 Å². The average Bonchev–Trinajstić information content (AvgIpc) is 3.26. The summed E-state index contributed by atoms with van der Waals surface area (Å²) in [5, 5.41) is 3.39. The highest BCUT2D eigenvalue weighted by molar-refractivity contribution is 7.91. The van der Waals surface area contributed by atoms with Gasteiger partial charge in [-0.05, 0) is 70.3 Å². The molecule has 3 aromatic rings. The van der Waals surface area contributed by atoms with Gasteiger partial charge in [0.1, 0.15) is 0 Å². The Bertz CT molecular complexity index is 1370. The second-order valence-electron chi connectivity index (χ2n) is 10.5. The van der Waals surface area contributed by atoms with E-state index in [4.69, 9.17) is 0 Å². The van der Waals surface area contributed by atoms with Crippen LogP contribution in [0.2, 0.25) is 0 Å². The Morgan fingerprint density at radius 1 is 1.11 bits per heavy atom. The van der Waals surface area contributed by atoms with E-state index in [9.17, 15) is 26.4 Å². The van der Waals surface area contributed by atoms with Gasteiger partial charge >= 0.3 is 6.18 Å². The van der Waals surface area contributed by atoms with E-state index in [1.54, 1.807) is 42.5 Å². The van der Waals surface area contributed by atoms with Crippen LogP contribution in [0.1, 0.15) is 44.4 Å². The molecule has 0 unspecified atom stereocenters. The Labute approximate surface area is 221 Å². The summed E-state index contributed by atoms with van der Waals surface area (Å²) >= 11 is 0. The molecule has 1 saturated carbocycles. The van der Waals surface area contributed by atoms with Crippen molar-refractivity contribution < 1.29 is 26.4 Å². The number of benzene rings is 2. The van der Waals surface area contributed by atoms with Crippen molar-refractivity contribution in [1.82, 2.24) is 15.2 Å². The topological polar surface area (TPSA) is 82.3 Å². The van der Waals surface area contributed by atoms with E-state index in [0.717, 1.165) is 12.5 Å². The second-order valence-corrected chi connectivity index (χ2v) is 12.5. The van der Waals surface area contributed by atoms with Gasteiger partial charge in [-0.15, -0.1) is 0 Å². The molecular weight excluding hydrogens is 515 g/mol. The molecule has 38 heavy (non-hydrogen) atoms. The lowest BCUT2D eigenvalue weighted by Gasteiger charge is -2.41. The molecule has 0 spiro atoms. The number of hydrogen-bond acceptors (Lipinski definition) is 4. The van der Waals surface area contributed by atoms with Crippen molar-refractivity contribution in [2.75, 3.05) is 12.8 Å². The maximum absolute atomic E-state index is 13.4. The van der Waals surface area contributed by atoms with Crippen molar-refractivity contribution in [2.45, 2.75) is 68.7 Å². The number of nitrogens with zero attached hydrogens (tertiary/aromatic N) is 1. The average molecular weight is 550 g/mol. The van der Waals surface area contributed by atoms with Crippen LogP contribution in [0.5, 0.6) is 0 Å². The van der Waals surface area contributed by atoms with Gasteiger partial charge in [-0.2, -0.15) is 13.2 Å². The van der Waals surface area contributed by atoms with Gasteiger partial charge in [0.2, 0.25) is 5.91 Å². The Hall–Kier alpha value is -2.85. The molecule has 1 heterocycles. The van der Waals surface area contributed by atoms with E-state index in [1.165, 1.54) is 6.07 Å². The molecule has 1 aliphatic carbocycles. The summed E-state index contributed by atoms with van der Waals surface area (Å²) in [6.07, 6.45) is -2.59. The molecule has 0 saturated heterocycles. The largest absolute Gasteiger partial charge is 0.418 e. The van der Waals surface area contributed by atoms with Gasteiger partial charge < -0.3 is 15.2 Å². The normalized spacial score (nSPS) is 20.8. The fourth-order valence-corrected chi connectivity index (χ4v) is 7.08. The first-order chi connectivity index (χ1) is 17.8. The van der Waals surface area contributed by atoms with Gasteiger partial charge in [0.25, 0.3) is 0 Å². The molecule has 0 bridgehead atoms. The number of rotatable bonds is 8. The van der Waals surface area contributed by atoms with Gasteiger partial charge in [-0.1, -0.05) is 30.3 Å². The number of amides is 1. The number of para-hydroxylation sites is 1. The fraction of sp³-hybridized carbons (Fsp3) is 0.464. The van der Waals surface area contributed by atoms with Gasteiger partial charge in [-0.3, -0.25) is 4.79 Å². The summed E-state index contributed by atoms with van der Waals surface area (Å²) in [6.45, 7) is 4.18. The number of H-pyrrole nitrogens is 1. The zero-order valence-electron chi connectivity index (χ0n) is 21.8. The van der Waals surface area contributed by atoms with Crippen molar-refractivity contribution in [3.05, 3.63) is 65.9 Å². The van der Waals surface area contributed by atoms with Crippen LogP contribution in [0.4, 0.5) is 13.2 Å². The molecule has 4 rings (SSSR count). The number of aromatic amines is 1. The monoisotopic (exact) mass is 549 g/mol. The van der Waals surface area contributed by atoms with E-state index in [-0.39, 0.29) is 46.5 Å². The molecule has 2 N–H and O–H groups in total. The number of alkyl halides is 3. The minimum atomic E-state index is -4.51. The molecule has 1 fully saturated rings. The molecule has 2 aromatic carbocycles. The Kier molecular flexibility index (Phi) is 8.23. The van der Waals surface area contributed by atoms with Crippen LogP contribution in [-0.2, 0) is 27.2 Å². The lowest BCUT2D eigenvalue weighted by Crippen LogP contribution is -2.51.